The molecule has 0 aliphatic heterocycles. The fraction of sp³-hybridized carbons (Fsp3) is 0.241. The maximum absolute atomic E-state index is 13.6. The zero-order chi connectivity index (χ0) is 25.4. The molecule has 1 N–H and O–H groups in total. The molecule has 0 radical (unpaired) electrons. The highest BCUT2D eigenvalue weighted by Crippen LogP contribution is 2.38. The number of unbranched alkanes of at least 4 members (excludes halogenated alkanes) is 2. The van der Waals surface area contributed by atoms with Crippen molar-refractivity contribution in [3.8, 4) is 11.3 Å². The van der Waals surface area contributed by atoms with Crippen molar-refractivity contribution < 1.29 is 13.2 Å². The first-order valence-electron chi connectivity index (χ1n) is 11.7. The van der Waals surface area contributed by atoms with Crippen molar-refractivity contribution in [3.05, 3.63) is 96.2 Å². The van der Waals surface area contributed by atoms with Crippen LogP contribution in [-0.2, 0) is 6.18 Å². The lowest BCUT2D eigenvalue weighted by molar-refractivity contribution is -0.137. The summed E-state index contributed by atoms with van der Waals surface area (Å²) in [5.41, 5.74) is 2.52. The monoisotopic (exact) mass is 477 g/mol. The molecule has 0 atom stereocenters. The first-order valence-corrected chi connectivity index (χ1v) is 11.7. The van der Waals surface area contributed by atoms with Crippen molar-refractivity contribution in [1.29, 1.82) is 0 Å². The molecule has 4 aromatic rings. The van der Waals surface area contributed by atoms with E-state index in [0.717, 1.165) is 17.2 Å². The SMILES string of the molecule is C=C(Nc1nc(-c2ccccc2C(F)(F)F)cc2ncccc12)c1ccccc1C.CCCCC. The fourth-order valence-corrected chi connectivity index (χ4v) is 3.74. The summed E-state index contributed by atoms with van der Waals surface area (Å²) in [7, 11) is 0. The Morgan fingerprint density at radius 2 is 1.63 bits per heavy atom. The quantitative estimate of drug-likeness (QED) is 0.301. The van der Waals surface area contributed by atoms with Crippen molar-refractivity contribution in [1.82, 2.24) is 9.97 Å². The lowest BCUT2D eigenvalue weighted by atomic mass is 10.0. The Morgan fingerprint density at radius 1 is 0.943 bits per heavy atom. The molecular formula is C29H30F3N3. The van der Waals surface area contributed by atoms with Gasteiger partial charge in [-0.25, -0.2) is 4.98 Å². The van der Waals surface area contributed by atoms with Gasteiger partial charge in [-0.15, -0.1) is 0 Å². The molecule has 2 heterocycles. The van der Waals surface area contributed by atoms with E-state index >= 15 is 0 Å². The van der Waals surface area contributed by atoms with Crippen LogP contribution in [0.25, 0.3) is 27.9 Å². The number of benzene rings is 2. The van der Waals surface area contributed by atoms with Gasteiger partial charge in [0, 0.05) is 28.4 Å². The zero-order valence-electron chi connectivity index (χ0n) is 20.3. The molecule has 0 aliphatic rings. The number of pyridine rings is 2. The van der Waals surface area contributed by atoms with E-state index in [1.165, 1.54) is 31.4 Å². The van der Waals surface area contributed by atoms with Crippen LogP contribution in [0, 0.1) is 6.92 Å². The molecule has 0 amide bonds. The summed E-state index contributed by atoms with van der Waals surface area (Å²) in [6.07, 6.45) is 1.18. The first-order chi connectivity index (χ1) is 16.8. The number of fused-ring (bicyclic) bond motifs is 1. The zero-order valence-corrected chi connectivity index (χ0v) is 20.3. The Hall–Kier alpha value is -3.67. The second kappa shape index (κ2) is 11.6. The molecule has 0 fully saturated rings. The normalized spacial score (nSPS) is 11.0. The average Bonchev–Trinajstić information content (AvgIpc) is 2.84. The van der Waals surface area contributed by atoms with Gasteiger partial charge in [-0.05, 0) is 36.8 Å². The predicted octanol–water partition coefficient (Wildman–Crippen LogP) is 8.90. The number of nitrogens with zero attached hydrogens (tertiary/aromatic N) is 2. The molecule has 2 aromatic carbocycles. The molecular weight excluding hydrogens is 447 g/mol. The summed E-state index contributed by atoms with van der Waals surface area (Å²) in [6.45, 7) is 10.5. The molecule has 3 nitrogen and oxygen atoms in total. The number of anilines is 1. The second-order valence-corrected chi connectivity index (χ2v) is 8.24. The van der Waals surface area contributed by atoms with Gasteiger partial charge in [0.2, 0.25) is 0 Å². The van der Waals surface area contributed by atoms with E-state index in [0.29, 0.717) is 22.4 Å². The maximum Gasteiger partial charge on any atom is 0.417 e. The molecule has 0 saturated carbocycles. The Balaban J connectivity index is 0.000000623. The average molecular weight is 478 g/mol. The van der Waals surface area contributed by atoms with Gasteiger partial charge in [0.15, 0.2) is 0 Å². The maximum atomic E-state index is 13.6. The summed E-state index contributed by atoms with van der Waals surface area (Å²) in [5.74, 6) is 0.404. The van der Waals surface area contributed by atoms with Crippen LogP contribution in [0.15, 0.2) is 79.5 Å². The summed E-state index contributed by atoms with van der Waals surface area (Å²) in [6, 6.07) is 18.3. The minimum atomic E-state index is -4.49. The smallest absolute Gasteiger partial charge is 0.340 e. The summed E-state index contributed by atoms with van der Waals surface area (Å²) >= 11 is 0. The van der Waals surface area contributed by atoms with Gasteiger partial charge in [0.05, 0.1) is 16.8 Å². The van der Waals surface area contributed by atoms with Crippen molar-refractivity contribution >= 4 is 22.4 Å². The van der Waals surface area contributed by atoms with E-state index < -0.39 is 11.7 Å². The van der Waals surface area contributed by atoms with Gasteiger partial charge in [-0.1, -0.05) is 82.2 Å². The highest BCUT2D eigenvalue weighted by molar-refractivity contribution is 5.95. The third-order valence-electron chi connectivity index (χ3n) is 5.55. The summed E-state index contributed by atoms with van der Waals surface area (Å²) in [5, 5.41) is 3.88. The minimum Gasteiger partial charge on any atom is -0.340 e. The summed E-state index contributed by atoms with van der Waals surface area (Å²) in [4.78, 5) is 8.86. The Kier molecular flexibility index (Phi) is 8.63. The van der Waals surface area contributed by atoms with Crippen molar-refractivity contribution in [2.24, 2.45) is 0 Å². The van der Waals surface area contributed by atoms with Crippen LogP contribution in [0.4, 0.5) is 19.0 Å². The van der Waals surface area contributed by atoms with Gasteiger partial charge in [-0.2, -0.15) is 13.2 Å². The number of hydrogen-bond donors (Lipinski definition) is 1. The van der Waals surface area contributed by atoms with E-state index in [1.807, 2.05) is 37.3 Å². The van der Waals surface area contributed by atoms with Gasteiger partial charge in [0.1, 0.15) is 5.82 Å². The highest BCUT2D eigenvalue weighted by atomic mass is 19.4. The van der Waals surface area contributed by atoms with Gasteiger partial charge in [0.25, 0.3) is 0 Å². The molecule has 182 valence electrons. The van der Waals surface area contributed by atoms with Crippen LogP contribution < -0.4 is 5.32 Å². The number of alkyl halides is 3. The van der Waals surface area contributed by atoms with Crippen LogP contribution in [0.1, 0.15) is 49.8 Å². The second-order valence-electron chi connectivity index (χ2n) is 8.24. The standard InChI is InChI=1S/C24H18F3N3.C5H12/c1-15-8-3-4-9-17(15)16(2)29-23-19-11-7-13-28-21(19)14-22(30-23)18-10-5-6-12-20(18)24(25,26)27;1-3-5-4-2/h3-14H,2H2,1H3,(H,29,30);3-5H2,1-2H3. The lowest BCUT2D eigenvalue weighted by Crippen LogP contribution is -2.08. The van der Waals surface area contributed by atoms with Gasteiger partial charge >= 0.3 is 6.18 Å². The molecule has 0 spiro atoms. The Morgan fingerprint density at radius 3 is 2.29 bits per heavy atom. The first kappa shape index (κ1) is 25.9. The topological polar surface area (TPSA) is 37.8 Å². The number of rotatable bonds is 6. The third kappa shape index (κ3) is 6.47. The number of aromatic nitrogens is 2. The molecule has 0 unspecified atom stereocenters. The number of nitrogens with one attached hydrogen (secondary N) is 1. The largest absolute Gasteiger partial charge is 0.417 e. The lowest BCUT2D eigenvalue weighted by Gasteiger charge is -2.16. The molecule has 35 heavy (non-hydrogen) atoms. The van der Waals surface area contributed by atoms with Gasteiger partial charge < -0.3 is 5.32 Å². The van der Waals surface area contributed by atoms with E-state index in [9.17, 15) is 13.2 Å². The molecule has 4 rings (SSSR count). The molecule has 0 bridgehead atoms. The molecule has 0 saturated heterocycles. The fourth-order valence-electron chi connectivity index (χ4n) is 3.74. The van der Waals surface area contributed by atoms with Crippen LogP contribution >= 0.6 is 0 Å². The number of halogens is 3. The number of hydrogen-bond acceptors (Lipinski definition) is 3. The van der Waals surface area contributed by atoms with Crippen LogP contribution in [0.5, 0.6) is 0 Å². The van der Waals surface area contributed by atoms with E-state index in [-0.39, 0.29) is 11.3 Å². The molecule has 6 heteroatoms. The van der Waals surface area contributed by atoms with Crippen molar-refractivity contribution in [2.45, 2.75) is 46.2 Å². The van der Waals surface area contributed by atoms with Crippen LogP contribution in [0.2, 0.25) is 0 Å². The molecule has 2 aromatic heterocycles. The molecule has 0 aliphatic carbocycles. The minimum absolute atomic E-state index is 0.00195. The Bertz CT molecular complexity index is 1290. The van der Waals surface area contributed by atoms with Crippen LogP contribution in [-0.4, -0.2) is 9.97 Å². The third-order valence-corrected chi connectivity index (χ3v) is 5.55. The van der Waals surface area contributed by atoms with E-state index in [2.05, 4.69) is 35.7 Å². The summed E-state index contributed by atoms with van der Waals surface area (Å²) < 4.78 is 40.7. The van der Waals surface area contributed by atoms with Crippen molar-refractivity contribution in [3.63, 3.8) is 0 Å². The van der Waals surface area contributed by atoms with E-state index in [1.54, 1.807) is 24.4 Å². The van der Waals surface area contributed by atoms with E-state index in [4.69, 9.17) is 0 Å². The van der Waals surface area contributed by atoms with Gasteiger partial charge in [-0.3, -0.25) is 4.98 Å². The Labute approximate surface area is 204 Å². The highest BCUT2D eigenvalue weighted by Gasteiger charge is 2.33. The number of aryl methyl sites for hydroxylation is 1. The van der Waals surface area contributed by atoms with Crippen LogP contribution in [0.3, 0.4) is 0 Å². The predicted molar refractivity (Wildman–Crippen MR) is 139 cm³/mol. The van der Waals surface area contributed by atoms with Crippen molar-refractivity contribution in [2.75, 3.05) is 5.32 Å².